The highest BCUT2D eigenvalue weighted by atomic mass is 14.8. The van der Waals surface area contributed by atoms with Crippen molar-refractivity contribution in [1.29, 1.82) is 0 Å². The zero-order valence-corrected chi connectivity index (χ0v) is 9.62. The summed E-state index contributed by atoms with van der Waals surface area (Å²) in [5, 5.41) is 3.15. The Balaban J connectivity index is 3.23. The van der Waals surface area contributed by atoms with Crippen LogP contribution in [0.5, 0.6) is 0 Å². The first-order chi connectivity index (χ1) is 7.24. The van der Waals surface area contributed by atoms with Gasteiger partial charge in [0.2, 0.25) is 0 Å². The molecule has 0 radical (unpaired) electrons. The molecule has 0 aliphatic rings. The van der Waals surface area contributed by atoms with Gasteiger partial charge in [0.1, 0.15) is 0 Å². The zero-order valence-electron chi connectivity index (χ0n) is 9.62. The molecule has 2 nitrogen and oxygen atoms in total. The lowest BCUT2D eigenvalue weighted by atomic mass is 10.1. The molecule has 80 valence electrons. The minimum Gasteiger partial charge on any atom is -0.316 e. The molecule has 0 aliphatic heterocycles. The van der Waals surface area contributed by atoms with Crippen LogP contribution in [0, 0.1) is 13.8 Å². The summed E-state index contributed by atoms with van der Waals surface area (Å²) in [6.45, 7) is 4.97. The molecule has 1 N–H and O–H groups in total. The molecule has 1 rings (SSSR count). The Morgan fingerprint density at radius 3 is 2.60 bits per heavy atom. The molecule has 1 aromatic heterocycles. The molecule has 0 spiro atoms. The average Bonchev–Trinajstić information content (AvgIpc) is 2.22. The molecule has 1 heterocycles. The fourth-order valence-electron chi connectivity index (χ4n) is 1.31. The molecule has 15 heavy (non-hydrogen) atoms. The Hall–Kier alpha value is -1.41. The second kappa shape index (κ2) is 6.14. The molecule has 0 saturated heterocycles. The first-order valence-electron chi connectivity index (χ1n) is 5.14. The van der Waals surface area contributed by atoms with E-state index in [1.54, 1.807) is 0 Å². The Morgan fingerprint density at radius 2 is 1.87 bits per heavy atom. The van der Waals surface area contributed by atoms with Gasteiger partial charge in [-0.1, -0.05) is 18.2 Å². The van der Waals surface area contributed by atoms with Crippen LogP contribution < -0.4 is 5.32 Å². The first kappa shape index (κ1) is 11.7. The monoisotopic (exact) mass is 202 g/mol. The van der Waals surface area contributed by atoms with Crippen molar-refractivity contribution in [2.24, 2.45) is 0 Å². The topological polar surface area (TPSA) is 24.9 Å². The lowest BCUT2D eigenvalue weighted by Crippen LogP contribution is -2.05. The maximum atomic E-state index is 4.31. The molecular weight excluding hydrogens is 184 g/mol. The molecule has 1 aromatic rings. The highest BCUT2D eigenvalue weighted by Crippen LogP contribution is 2.02. The zero-order chi connectivity index (χ0) is 11.1. The second-order valence-electron chi connectivity index (χ2n) is 3.54. The van der Waals surface area contributed by atoms with Gasteiger partial charge < -0.3 is 5.32 Å². The molecule has 0 bridgehead atoms. The Morgan fingerprint density at radius 1 is 1.13 bits per heavy atom. The van der Waals surface area contributed by atoms with E-state index >= 15 is 0 Å². The van der Waals surface area contributed by atoms with Crippen LogP contribution in [0.25, 0.3) is 0 Å². The van der Waals surface area contributed by atoms with Crippen LogP contribution in [0.15, 0.2) is 36.5 Å². The molecule has 0 fully saturated rings. The molecule has 0 unspecified atom stereocenters. The number of nitrogens with zero attached hydrogens (tertiary/aromatic N) is 1. The van der Waals surface area contributed by atoms with Crippen LogP contribution in [0.4, 0.5) is 0 Å². The molecule has 2 heteroatoms. The van der Waals surface area contributed by atoms with Gasteiger partial charge in [-0.3, -0.25) is 4.98 Å². The van der Waals surface area contributed by atoms with Gasteiger partial charge in [-0.25, -0.2) is 0 Å². The highest BCUT2D eigenvalue weighted by Gasteiger charge is 1.90. The van der Waals surface area contributed by atoms with Gasteiger partial charge in [-0.15, -0.1) is 0 Å². The minimum atomic E-state index is 0.866. The van der Waals surface area contributed by atoms with Crippen molar-refractivity contribution in [3.05, 3.63) is 53.3 Å². The van der Waals surface area contributed by atoms with Gasteiger partial charge in [0, 0.05) is 18.4 Å². The number of hydrogen-bond acceptors (Lipinski definition) is 2. The lowest BCUT2D eigenvalue weighted by molar-refractivity contribution is 0.812. The lowest BCUT2D eigenvalue weighted by Gasteiger charge is -2.00. The largest absolute Gasteiger partial charge is 0.316 e. The van der Waals surface area contributed by atoms with E-state index in [1.807, 2.05) is 38.4 Å². The Kier molecular flexibility index (Phi) is 4.78. The molecule has 0 atom stereocenters. The fourth-order valence-corrected chi connectivity index (χ4v) is 1.31. The van der Waals surface area contributed by atoms with Crippen LogP contribution in [0.2, 0.25) is 0 Å². The van der Waals surface area contributed by atoms with E-state index in [0.717, 1.165) is 12.2 Å². The molecular formula is C13H18N2. The number of hydrogen-bond donors (Lipinski definition) is 1. The maximum absolute atomic E-state index is 4.31. The van der Waals surface area contributed by atoms with E-state index in [1.165, 1.54) is 11.1 Å². The van der Waals surface area contributed by atoms with E-state index in [4.69, 9.17) is 0 Å². The molecule has 0 saturated carbocycles. The van der Waals surface area contributed by atoms with Crippen molar-refractivity contribution in [1.82, 2.24) is 10.3 Å². The van der Waals surface area contributed by atoms with E-state index in [9.17, 15) is 0 Å². The molecule has 0 amide bonds. The average molecular weight is 202 g/mol. The number of aromatic nitrogens is 1. The van der Waals surface area contributed by atoms with Crippen LogP contribution in [0.1, 0.15) is 16.8 Å². The van der Waals surface area contributed by atoms with Crippen molar-refractivity contribution < 1.29 is 0 Å². The fraction of sp³-hybridized carbons (Fsp3) is 0.308. The van der Waals surface area contributed by atoms with E-state index in [-0.39, 0.29) is 0 Å². The summed E-state index contributed by atoms with van der Waals surface area (Å²) in [6.07, 6.45) is 1.86. The summed E-state index contributed by atoms with van der Waals surface area (Å²) in [7, 11) is 1.95. The minimum absolute atomic E-state index is 0.866. The van der Waals surface area contributed by atoms with Crippen molar-refractivity contribution in [2.75, 3.05) is 7.05 Å². The van der Waals surface area contributed by atoms with Gasteiger partial charge >= 0.3 is 0 Å². The normalized spacial score (nSPS) is 9.53. The van der Waals surface area contributed by atoms with E-state index in [2.05, 4.69) is 29.4 Å². The van der Waals surface area contributed by atoms with Crippen molar-refractivity contribution >= 4 is 0 Å². The first-order valence-corrected chi connectivity index (χ1v) is 5.14. The van der Waals surface area contributed by atoms with E-state index in [0.29, 0.717) is 0 Å². The van der Waals surface area contributed by atoms with Crippen molar-refractivity contribution in [2.45, 2.75) is 20.4 Å². The second-order valence-corrected chi connectivity index (χ2v) is 3.54. The number of nitrogens with one attached hydrogen (secondary N) is 1. The predicted molar refractivity (Wildman–Crippen MR) is 64.1 cm³/mol. The summed E-state index contributed by atoms with van der Waals surface area (Å²) in [6, 6.07) is 10.2. The van der Waals surface area contributed by atoms with E-state index < -0.39 is 0 Å². The third-order valence-electron chi connectivity index (χ3n) is 2.22. The third-order valence-corrected chi connectivity index (χ3v) is 2.22. The van der Waals surface area contributed by atoms with Gasteiger partial charge in [-0.05, 0) is 44.2 Å². The molecule has 0 aliphatic carbocycles. The summed E-state index contributed by atoms with van der Waals surface area (Å²) in [5.74, 6) is 0. The summed E-state index contributed by atoms with van der Waals surface area (Å²) >= 11 is 0. The van der Waals surface area contributed by atoms with Crippen LogP contribution >= 0.6 is 0 Å². The summed E-state index contributed by atoms with van der Waals surface area (Å²) < 4.78 is 0. The highest BCUT2D eigenvalue weighted by molar-refractivity contribution is 5.21. The number of rotatable bonds is 2. The van der Waals surface area contributed by atoms with Gasteiger partial charge in [-0.2, -0.15) is 0 Å². The Labute approximate surface area is 91.7 Å². The Bertz CT molecular complexity index is 371. The van der Waals surface area contributed by atoms with Crippen molar-refractivity contribution in [3.63, 3.8) is 0 Å². The predicted octanol–water partition coefficient (Wildman–Crippen LogP) is 2.54. The quantitative estimate of drug-likeness (QED) is 0.797. The third kappa shape index (κ3) is 4.09. The van der Waals surface area contributed by atoms with Crippen LogP contribution in [-0.2, 0) is 6.54 Å². The summed E-state index contributed by atoms with van der Waals surface area (Å²) in [5.41, 5.74) is 3.54. The van der Waals surface area contributed by atoms with Gasteiger partial charge in [0.05, 0.1) is 0 Å². The smallest absolute Gasteiger partial charge is 0.0372 e. The van der Waals surface area contributed by atoms with Gasteiger partial charge in [0.25, 0.3) is 0 Å². The standard InChI is InChI=1S/C13H18N2/c1-11-6-4-5-7-12(2)15-9-8-13(11)10-14-3/h4-9,14H,10H2,1-3H3. The number of aryl methyl sites for hydroxylation is 2. The van der Waals surface area contributed by atoms with Crippen molar-refractivity contribution in [3.8, 4) is 0 Å². The van der Waals surface area contributed by atoms with Crippen LogP contribution in [-0.4, -0.2) is 12.0 Å². The van der Waals surface area contributed by atoms with Crippen LogP contribution in [0.3, 0.4) is 0 Å². The maximum Gasteiger partial charge on any atom is 0.0372 e. The molecule has 0 aromatic carbocycles. The summed E-state index contributed by atoms with van der Waals surface area (Å²) in [4.78, 5) is 4.31. The SMILES string of the molecule is CNCc1ccnc(C)ccccc1C. The van der Waals surface area contributed by atoms with Gasteiger partial charge in [0.15, 0.2) is 0 Å².